The van der Waals surface area contributed by atoms with Crippen LogP contribution in [0.1, 0.15) is 25.3 Å². The van der Waals surface area contributed by atoms with Crippen molar-refractivity contribution >= 4 is 51.7 Å². The Hall–Kier alpha value is -2.96. The highest BCUT2D eigenvalue weighted by atomic mass is 35.5. The number of ether oxygens (including phenoxy) is 1. The first-order valence-corrected chi connectivity index (χ1v) is 10.3. The lowest BCUT2D eigenvalue weighted by atomic mass is 10.2. The minimum Gasteiger partial charge on any atom is -0.427 e. The van der Waals surface area contributed by atoms with Crippen molar-refractivity contribution in [3.05, 3.63) is 76.8 Å². The van der Waals surface area contributed by atoms with E-state index in [-0.39, 0.29) is 11.9 Å². The molecule has 148 valence electrons. The monoisotopic (exact) mass is 426 g/mol. The van der Waals surface area contributed by atoms with Crippen LogP contribution in [0.3, 0.4) is 0 Å². The van der Waals surface area contributed by atoms with Crippen LogP contribution in [0.25, 0.3) is 6.08 Å². The average molecular weight is 427 g/mol. The van der Waals surface area contributed by atoms with Gasteiger partial charge < -0.3 is 4.74 Å². The van der Waals surface area contributed by atoms with E-state index in [1.165, 1.54) is 22.3 Å². The summed E-state index contributed by atoms with van der Waals surface area (Å²) in [6.45, 7) is 1.92. The van der Waals surface area contributed by atoms with Crippen LogP contribution in [-0.2, 0) is 9.59 Å². The largest absolute Gasteiger partial charge is 0.427 e. The van der Waals surface area contributed by atoms with Gasteiger partial charge in [0.15, 0.2) is 5.13 Å². The number of nitrogens with zero attached hydrogens (tertiary/aromatic N) is 2. The number of rotatable bonds is 7. The van der Waals surface area contributed by atoms with Gasteiger partial charge in [0.05, 0.1) is 5.69 Å². The van der Waals surface area contributed by atoms with Crippen molar-refractivity contribution < 1.29 is 14.3 Å². The zero-order chi connectivity index (χ0) is 20.6. The topological polar surface area (TPSA) is 59.5 Å². The van der Waals surface area contributed by atoms with Crippen LogP contribution in [0.4, 0.5) is 10.8 Å². The summed E-state index contributed by atoms with van der Waals surface area (Å²) >= 11 is 7.33. The maximum absolute atomic E-state index is 12.9. The Morgan fingerprint density at radius 2 is 1.86 bits per heavy atom. The molecular formula is C22H19ClN2O3S. The molecule has 0 saturated carbocycles. The lowest BCUT2D eigenvalue weighted by Crippen LogP contribution is -2.23. The van der Waals surface area contributed by atoms with Crippen molar-refractivity contribution in [1.82, 2.24) is 4.98 Å². The Labute approximate surface area is 178 Å². The molecule has 0 fully saturated rings. The van der Waals surface area contributed by atoms with Crippen molar-refractivity contribution in [2.24, 2.45) is 0 Å². The first kappa shape index (κ1) is 20.8. The quantitative estimate of drug-likeness (QED) is 0.269. The maximum atomic E-state index is 12.9. The summed E-state index contributed by atoms with van der Waals surface area (Å²) in [5.41, 5.74) is 1.49. The minimum absolute atomic E-state index is 0.235. The summed E-state index contributed by atoms with van der Waals surface area (Å²) < 4.78 is 5.23. The molecule has 1 aromatic heterocycles. The smallest absolute Gasteiger partial charge is 0.311 e. The van der Waals surface area contributed by atoms with Gasteiger partial charge in [0, 0.05) is 29.1 Å². The Kier molecular flexibility index (Phi) is 7.16. The molecule has 1 heterocycles. The highest BCUT2D eigenvalue weighted by Gasteiger charge is 2.18. The first-order valence-electron chi connectivity index (χ1n) is 9.05. The number of aromatic nitrogens is 1. The van der Waals surface area contributed by atoms with Crippen LogP contribution in [-0.4, -0.2) is 16.9 Å². The van der Waals surface area contributed by atoms with E-state index in [9.17, 15) is 9.59 Å². The number of benzene rings is 2. The molecule has 0 aliphatic heterocycles. The van der Waals surface area contributed by atoms with E-state index in [2.05, 4.69) is 4.98 Å². The maximum Gasteiger partial charge on any atom is 0.311 e. The Balaban J connectivity index is 1.75. The van der Waals surface area contributed by atoms with E-state index in [0.29, 0.717) is 28.0 Å². The van der Waals surface area contributed by atoms with Crippen LogP contribution in [0, 0.1) is 0 Å². The van der Waals surface area contributed by atoms with Gasteiger partial charge in [-0.05, 0) is 54.5 Å². The normalized spacial score (nSPS) is 10.8. The second-order valence-corrected chi connectivity index (χ2v) is 7.40. The highest BCUT2D eigenvalue weighted by molar-refractivity contribution is 7.13. The van der Waals surface area contributed by atoms with E-state index in [4.69, 9.17) is 16.3 Å². The van der Waals surface area contributed by atoms with Crippen molar-refractivity contribution in [3.8, 4) is 5.75 Å². The third-order valence-electron chi connectivity index (χ3n) is 3.90. The average Bonchev–Trinajstić information content (AvgIpc) is 3.23. The van der Waals surface area contributed by atoms with Gasteiger partial charge in [-0.1, -0.05) is 30.7 Å². The molecule has 0 unspecified atom stereocenters. The molecule has 0 aliphatic carbocycles. The Bertz CT molecular complexity index is 984. The molecule has 2 aromatic carbocycles. The number of amides is 1. The SMILES string of the molecule is CCCC(=O)Oc1ccc(C=CC(=O)N(c2ccc(Cl)cc2)c2nccs2)cc1. The van der Waals surface area contributed by atoms with Gasteiger partial charge in [-0.2, -0.15) is 0 Å². The van der Waals surface area contributed by atoms with E-state index in [1.54, 1.807) is 60.8 Å². The van der Waals surface area contributed by atoms with Gasteiger partial charge in [-0.25, -0.2) is 4.98 Å². The number of anilines is 2. The van der Waals surface area contributed by atoms with E-state index in [1.807, 2.05) is 12.3 Å². The summed E-state index contributed by atoms with van der Waals surface area (Å²) in [6.07, 6.45) is 5.96. The zero-order valence-electron chi connectivity index (χ0n) is 15.7. The van der Waals surface area contributed by atoms with Crippen molar-refractivity contribution in [1.29, 1.82) is 0 Å². The van der Waals surface area contributed by atoms with Gasteiger partial charge in [-0.3, -0.25) is 14.5 Å². The van der Waals surface area contributed by atoms with Crippen molar-refractivity contribution in [3.63, 3.8) is 0 Å². The molecule has 5 nitrogen and oxygen atoms in total. The number of hydrogen-bond acceptors (Lipinski definition) is 5. The summed E-state index contributed by atoms with van der Waals surface area (Å²) in [6, 6.07) is 14.0. The molecule has 0 saturated heterocycles. The molecule has 0 atom stereocenters. The fraction of sp³-hybridized carbons (Fsp3) is 0.136. The molecule has 0 radical (unpaired) electrons. The number of esters is 1. The number of carbonyl (C=O) groups is 2. The predicted molar refractivity (Wildman–Crippen MR) is 117 cm³/mol. The summed E-state index contributed by atoms with van der Waals surface area (Å²) in [5, 5.41) is 2.98. The molecule has 1 amide bonds. The minimum atomic E-state index is -0.256. The number of halogens is 1. The molecule has 29 heavy (non-hydrogen) atoms. The molecule has 3 rings (SSSR count). The second kappa shape index (κ2) is 10.0. The lowest BCUT2D eigenvalue weighted by Gasteiger charge is -2.18. The summed E-state index contributed by atoms with van der Waals surface area (Å²) in [4.78, 5) is 30.2. The molecule has 0 N–H and O–H groups in total. The fourth-order valence-corrected chi connectivity index (χ4v) is 3.32. The predicted octanol–water partition coefficient (Wildman–Crippen LogP) is 5.88. The molecule has 0 aliphatic rings. The van der Waals surface area contributed by atoms with E-state index >= 15 is 0 Å². The van der Waals surface area contributed by atoms with E-state index in [0.717, 1.165) is 12.0 Å². The number of hydrogen-bond donors (Lipinski definition) is 0. The standard InChI is InChI=1S/C22H19ClN2O3S/c1-2-3-21(27)28-19-11-4-16(5-12-19)6-13-20(26)25(22-24-14-15-29-22)18-9-7-17(23)8-10-18/h4-15H,2-3H2,1H3. The van der Waals surface area contributed by atoms with Crippen LogP contribution >= 0.6 is 22.9 Å². The van der Waals surface area contributed by atoms with Crippen molar-refractivity contribution in [2.75, 3.05) is 4.90 Å². The van der Waals surface area contributed by atoms with Gasteiger partial charge >= 0.3 is 5.97 Å². The van der Waals surface area contributed by atoms with Gasteiger partial charge in [0.25, 0.3) is 5.91 Å². The molecule has 0 bridgehead atoms. The Morgan fingerprint density at radius 1 is 1.14 bits per heavy atom. The highest BCUT2D eigenvalue weighted by Crippen LogP contribution is 2.29. The summed E-state index contributed by atoms with van der Waals surface area (Å²) in [5.74, 6) is -0.00810. The Morgan fingerprint density at radius 3 is 2.48 bits per heavy atom. The van der Waals surface area contributed by atoms with Gasteiger partial charge in [0.2, 0.25) is 0 Å². The van der Waals surface area contributed by atoms with Crippen molar-refractivity contribution in [2.45, 2.75) is 19.8 Å². The van der Waals surface area contributed by atoms with Crippen LogP contribution in [0.5, 0.6) is 5.75 Å². The van der Waals surface area contributed by atoms with Crippen LogP contribution in [0.15, 0.2) is 66.2 Å². The molecular weight excluding hydrogens is 408 g/mol. The van der Waals surface area contributed by atoms with E-state index < -0.39 is 0 Å². The third-order valence-corrected chi connectivity index (χ3v) is 4.91. The zero-order valence-corrected chi connectivity index (χ0v) is 17.3. The fourth-order valence-electron chi connectivity index (χ4n) is 2.52. The second-order valence-electron chi connectivity index (χ2n) is 6.09. The van der Waals surface area contributed by atoms with Gasteiger partial charge in [0.1, 0.15) is 5.75 Å². The number of thiazole rings is 1. The lowest BCUT2D eigenvalue weighted by molar-refractivity contribution is -0.134. The third kappa shape index (κ3) is 5.76. The van der Waals surface area contributed by atoms with Crippen LogP contribution in [0.2, 0.25) is 5.02 Å². The molecule has 0 spiro atoms. The molecule has 3 aromatic rings. The number of carbonyl (C=O) groups excluding carboxylic acids is 2. The van der Waals surface area contributed by atoms with Gasteiger partial charge in [-0.15, -0.1) is 11.3 Å². The summed E-state index contributed by atoms with van der Waals surface area (Å²) in [7, 11) is 0. The van der Waals surface area contributed by atoms with Crippen LogP contribution < -0.4 is 9.64 Å². The molecule has 7 heteroatoms. The first-order chi connectivity index (χ1) is 14.1.